The van der Waals surface area contributed by atoms with Gasteiger partial charge in [0.15, 0.2) is 5.82 Å². The molecule has 1 aliphatic heterocycles. The lowest BCUT2D eigenvalue weighted by Crippen LogP contribution is -2.31. The van der Waals surface area contributed by atoms with E-state index in [1.54, 1.807) is 23.1 Å². The number of aromatic nitrogens is 6. The predicted molar refractivity (Wildman–Crippen MR) is 86.1 cm³/mol. The Morgan fingerprint density at radius 2 is 2.12 bits per heavy atom. The number of nitrogens with zero attached hydrogens (tertiary/aromatic N) is 7. The van der Waals surface area contributed by atoms with Crippen LogP contribution in [-0.2, 0) is 0 Å². The molecule has 3 heterocycles. The monoisotopic (exact) mass is 355 g/mol. The zero-order valence-corrected chi connectivity index (χ0v) is 13.6. The molecule has 0 spiro atoms. The molecular weight excluding hydrogens is 341 g/mol. The molecule has 1 aromatic carbocycles. The minimum Gasteiger partial charge on any atom is -0.458 e. The lowest BCUT2D eigenvalue weighted by atomic mass is 10.2. The van der Waals surface area contributed by atoms with Crippen molar-refractivity contribution in [2.24, 2.45) is 0 Å². The maximum absolute atomic E-state index is 12.8. The molecule has 9 nitrogen and oxygen atoms in total. The number of carbonyl (C=O) groups is 1. The first-order valence-electron chi connectivity index (χ1n) is 7.96. The first kappa shape index (κ1) is 16.1. The summed E-state index contributed by atoms with van der Waals surface area (Å²) in [7, 11) is 0. The van der Waals surface area contributed by atoms with Crippen LogP contribution in [0.15, 0.2) is 43.0 Å². The van der Waals surface area contributed by atoms with Crippen molar-refractivity contribution in [3.8, 4) is 11.7 Å². The van der Waals surface area contributed by atoms with Gasteiger partial charge in [-0.15, -0.1) is 5.10 Å². The molecule has 0 aliphatic carbocycles. The first-order valence-corrected chi connectivity index (χ1v) is 7.96. The van der Waals surface area contributed by atoms with Gasteiger partial charge in [0.1, 0.15) is 12.4 Å². The van der Waals surface area contributed by atoms with E-state index < -0.39 is 5.82 Å². The van der Waals surface area contributed by atoms with E-state index in [9.17, 15) is 9.18 Å². The second kappa shape index (κ2) is 6.82. The summed E-state index contributed by atoms with van der Waals surface area (Å²) in [6.45, 7) is 0.967. The van der Waals surface area contributed by atoms with Crippen LogP contribution in [0.5, 0.6) is 6.01 Å². The standard InChI is InChI=1S/C16H14FN7O2/c17-12-7-18-16(19-8-12)26-14-4-5-23(9-14)15(25)11-2-1-3-13(6-11)24-10-20-21-22-24/h1-3,6-8,10,14H,4-5,9H2/t14-/m1/s1. The Morgan fingerprint density at radius 1 is 1.27 bits per heavy atom. The van der Waals surface area contributed by atoms with Crippen molar-refractivity contribution in [1.29, 1.82) is 0 Å². The predicted octanol–water partition coefficient (Wildman–Crippen LogP) is 0.885. The van der Waals surface area contributed by atoms with Gasteiger partial charge in [-0.2, -0.15) is 0 Å². The topological polar surface area (TPSA) is 98.9 Å². The summed E-state index contributed by atoms with van der Waals surface area (Å²) >= 11 is 0. The minimum absolute atomic E-state index is 0.103. The Kier molecular flexibility index (Phi) is 4.22. The zero-order chi connectivity index (χ0) is 17.9. The van der Waals surface area contributed by atoms with Crippen molar-refractivity contribution in [2.45, 2.75) is 12.5 Å². The summed E-state index contributed by atoms with van der Waals surface area (Å²) < 4.78 is 19.9. The average Bonchev–Trinajstić information content (AvgIpc) is 3.35. The molecule has 0 saturated carbocycles. The van der Waals surface area contributed by atoms with Gasteiger partial charge in [-0.05, 0) is 28.6 Å². The van der Waals surface area contributed by atoms with Crippen molar-refractivity contribution in [1.82, 2.24) is 35.1 Å². The first-order chi connectivity index (χ1) is 12.7. The van der Waals surface area contributed by atoms with E-state index in [0.29, 0.717) is 30.8 Å². The van der Waals surface area contributed by atoms with Crippen molar-refractivity contribution < 1.29 is 13.9 Å². The van der Waals surface area contributed by atoms with E-state index in [1.165, 1.54) is 11.0 Å². The fraction of sp³-hybridized carbons (Fsp3) is 0.250. The summed E-state index contributed by atoms with van der Waals surface area (Å²) in [5, 5.41) is 11.0. The number of amides is 1. The second-order valence-electron chi connectivity index (χ2n) is 5.77. The van der Waals surface area contributed by atoms with Crippen LogP contribution in [0, 0.1) is 5.82 Å². The van der Waals surface area contributed by atoms with Crippen molar-refractivity contribution in [3.63, 3.8) is 0 Å². The molecule has 1 saturated heterocycles. The van der Waals surface area contributed by atoms with Gasteiger partial charge in [-0.25, -0.2) is 19.0 Å². The molecule has 0 radical (unpaired) electrons. The molecule has 1 amide bonds. The molecule has 0 unspecified atom stereocenters. The highest BCUT2D eigenvalue weighted by molar-refractivity contribution is 5.95. The second-order valence-corrected chi connectivity index (χ2v) is 5.77. The smallest absolute Gasteiger partial charge is 0.316 e. The van der Waals surface area contributed by atoms with Crippen LogP contribution in [-0.4, -0.2) is 60.2 Å². The largest absolute Gasteiger partial charge is 0.458 e. The number of carbonyl (C=O) groups excluding carboxylic acids is 1. The third kappa shape index (κ3) is 3.34. The number of ether oxygens (including phenoxy) is 1. The van der Waals surface area contributed by atoms with Gasteiger partial charge >= 0.3 is 6.01 Å². The molecule has 4 rings (SSSR count). The van der Waals surface area contributed by atoms with Crippen LogP contribution in [0.25, 0.3) is 5.69 Å². The summed E-state index contributed by atoms with van der Waals surface area (Å²) in [6.07, 6.45) is 3.98. The van der Waals surface area contributed by atoms with Gasteiger partial charge in [0.05, 0.1) is 24.6 Å². The highest BCUT2D eigenvalue weighted by Gasteiger charge is 2.29. The highest BCUT2D eigenvalue weighted by Crippen LogP contribution is 2.18. The molecule has 3 aromatic rings. The Morgan fingerprint density at radius 3 is 2.88 bits per heavy atom. The summed E-state index contributed by atoms with van der Waals surface area (Å²) in [5.41, 5.74) is 1.24. The van der Waals surface area contributed by atoms with E-state index in [0.717, 1.165) is 12.4 Å². The molecule has 0 bridgehead atoms. The van der Waals surface area contributed by atoms with E-state index >= 15 is 0 Å². The van der Waals surface area contributed by atoms with Crippen LogP contribution in [0.3, 0.4) is 0 Å². The van der Waals surface area contributed by atoms with Gasteiger partial charge in [0, 0.05) is 18.5 Å². The number of hydrogen-bond donors (Lipinski definition) is 0. The minimum atomic E-state index is -0.525. The van der Waals surface area contributed by atoms with Gasteiger partial charge < -0.3 is 9.64 Å². The lowest BCUT2D eigenvalue weighted by Gasteiger charge is -2.17. The van der Waals surface area contributed by atoms with Crippen molar-refractivity contribution in [2.75, 3.05) is 13.1 Å². The molecule has 26 heavy (non-hydrogen) atoms. The molecule has 1 atom stereocenters. The third-order valence-electron chi connectivity index (χ3n) is 4.01. The molecule has 10 heteroatoms. The molecule has 1 fully saturated rings. The van der Waals surface area contributed by atoms with Gasteiger partial charge in [0.25, 0.3) is 5.91 Å². The SMILES string of the molecule is O=C(c1cccc(-n2cnnn2)c1)N1CC[C@@H](Oc2ncc(F)cn2)C1. The molecule has 2 aromatic heterocycles. The molecular formula is C16H14FN7O2. The maximum atomic E-state index is 12.8. The molecule has 1 aliphatic rings. The van der Waals surface area contributed by atoms with E-state index in [-0.39, 0.29) is 18.0 Å². The quantitative estimate of drug-likeness (QED) is 0.685. The van der Waals surface area contributed by atoms with Crippen LogP contribution in [0.1, 0.15) is 16.8 Å². The Labute approximate surface area is 147 Å². The normalized spacial score (nSPS) is 16.7. The van der Waals surface area contributed by atoms with E-state index in [4.69, 9.17) is 4.74 Å². The number of rotatable bonds is 4. The van der Waals surface area contributed by atoms with Gasteiger partial charge in [-0.1, -0.05) is 6.07 Å². The number of hydrogen-bond acceptors (Lipinski definition) is 7. The highest BCUT2D eigenvalue weighted by atomic mass is 19.1. The Bertz CT molecular complexity index is 901. The number of tetrazole rings is 1. The fourth-order valence-corrected chi connectivity index (χ4v) is 2.76. The van der Waals surface area contributed by atoms with E-state index in [1.807, 2.05) is 6.07 Å². The molecule has 132 valence electrons. The third-order valence-corrected chi connectivity index (χ3v) is 4.01. The average molecular weight is 355 g/mol. The van der Waals surface area contributed by atoms with Crippen molar-refractivity contribution >= 4 is 5.91 Å². The lowest BCUT2D eigenvalue weighted by molar-refractivity contribution is 0.0769. The van der Waals surface area contributed by atoms with Crippen LogP contribution in [0.2, 0.25) is 0 Å². The summed E-state index contributed by atoms with van der Waals surface area (Å²) in [4.78, 5) is 22.0. The number of halogens is 1. The van der Waals surface area contributed by atoms with Crippen LogP contribution >= 0.6 is 0 Å². The Hall–Kier alpha value is -3.43. The fourth-order valence-electron chi connectivity index (χ4n) is 2.76. The van der Waals surface area contributed by atoms with Crippen LogP contribution in [0.4, 0.5) is 4.39 Å². The maximum Gasteiger partial charge on any atom is 0.316 e. The zero-order valence-electron chi connectivity index (χ0n) is 13.6. The Balaban J connectivity index is 1.43. The van der Waals surface area contributed by atoms with Gasteiger partial charge in [0.2, 0.25) is 0 Å². The summed E-state index contributed by atoms with van der Waals surface area (Å²) in [6, 6.07) is 7.17. The van der Waals surface area contributed by atoms with Gasteiger partial charge in [-0.3, -0.25) is 4.79 Å². The van der Waals surface area contributed by atoms with E-state index in [2.05, 4.69) is 25.5 Å². The van der Waals surface area contributed by atoms with Crippen LogP contribution < -0.4 is 4.74 Å². The molecule has 0 N–H and O–H groups in total. The number of likely N-dealkylation sites (tertiary alicyclic amines) is 1. The van der Waals surface area contributed by atoms with Crippen molar-refractivity contribution in [3.05, 3.63) is 54.4 Å². The summed E-state index contributed by atoms with van der Waals surface area (Å²) in [5.74, 6) is -0.630. The number of benzene rings is 1.